The summed E-state index contributed by atoms with van der Waals surface area (Å²) in [5, 5.41) is 10.9. The van der Waals surface area contributed by atoms with Crippen LogP contribution in [0.3, 0.4) is 0 Å². The van der Waals surface area contributed by atoms with Gasteiger partial charge in [-0.3, -0.25) is 4.79 Å². The van der Waals surface area contributed by atoms with Gasteiger partial charge in [0, 0.05) is 16.6 Å². The van der Waals surface area contributed by atoms with E-state index in [1.807, 2.05) is 24.3 Å². The number of rotatable bonds is 5. The molecular formula is C22H28BrN3O2. The summed E-state index contributed by atoms with van der Waals surface area (Å²) in [7, 11) is 0. The second kappa shape index (κ2) is 9.12. The van der Waals surface area contributed by atoms with Crippen molar-refractivity contribution in [3.8, 4) is 11.1 Å². The third-order valence-corrected chi connectivity index (χ3v) is 6.45. The Bertz CT molecular complexity index is 791. The first-order chi connectivity index (χ1) is 13.7. The average Bonchev–Trinajstić information content (AvgIpc) is 3.14. The van der Waals surface area contributed by atoms with Crippen LogP contribution in [-0.4, -0.2) is 23.1 Å². The second-order valence-corrected chi connectivity index (χ2v) is 8.95. The molecule has 6 heteroatoms. The molecule has 0 atom stereocenters. The van der Waals surface area contributed by atoms with Gasteiger partial charge in [-0.05, 0) is 43.4 Å². The molecule has 0 aliphatic heterocycles. The monoisotopic (exact) mass is 445 g/mol. The van der Waals surface area contributed by atoms with Crippen LogP contribution in [0.15, 0.2) is 33.3 Å². The topological polar surface area (TPSA) is 67.2 Å². The average molecular weight is 446 g/mol. The van der Waals surface area contributed by atoms with Crippen molar-refractivity contribution in [3.63, 3.8) is 0 Å². The molecule has 2 fully saturated rings. The lowest BCUT2D eigenvalue weighted by Crippen LogP contribution is -2.36. The number of carbonyl (C=O) groups is 1. The van der Waals surface area contributed by atoms with Crippen LogP contribution < -0.4 is 10.6 Å². The van der Waals surface area contributed by atoms with E-state index >= 15 is 0 Å². The van der Waals surface area contributed by atoms with Crippen LogP contribution in [0.5, 0.6) is 0 Å². The number of anilines is 1. The van der Waals surface area contributed by atoms with Gasteiger partial charge in [0.25, 0.3) is 5.91 Å². The van der Waals surface area contributed by atoms with Crippen molar-refractivity contribution in [2.75, 3.05) is 5.32 Å². The molecule has 2 aliphatic rings. The number of halogens is 1. The fraction of sp³-hybridized carbons (Fsp3) is 0.545. The second-order valence-electron chi connectivity index (χ2n) is 8.03. The maximum Gasteiger partial charge on any atom is 0.274 e. The number of hydrogen-bond donors (Lipinski definition) is 2. The van der Waals surface area contributed by atoms with Gasteiger partial charge >= 0.3 is 0 Å². The molecule has 2 N–H and O–H groups in total. The van der Waals surface area contributed by atoms with Gasteiger partial charge < -0.3 is 15.2 Å². The summed E-state index contributed by atoms with van der Waals surface area (Å²) in [6.45, 7) is 0. The van der Waals surface area contributed by atoms with Crippen LogP contribution in [0, 0.1) is 0 Å². The molecule has 1 aromatic heterocycles. The maximum atomic E-state index is 13.0. The highest BCUT2D eigenvalue weighted by Gasteiger charge is 2.27. The van der Waals surface area contributed by atoms with Crippen molar-refractivity contribution >= 4 is 27.7 Å². The Kier molecular flexibility index (Phi) is 6.35. The molecule has 2 saturated carbocycles. The minimum atomic E-state index is -0.134. The van der Waals surface area contributed by atoms with Gasteiger partial charge in [0.05, 0.1) is 5.56 Å². The van der Waals surface area contributed by atoms with E-state index < -0.39 is 0 Å². The van der Waals surface area contributed by atoms with Crippen molar-refractivity contribution in [1.82, 2.24) is 10.5 Å². The fourth-order valence-electron chi connectivity index (χ4n) is 4.36. The molecule has 0 bridgehead atoms. The summed E-state index contributed by atoms with van der Waals surface area (Å²) >= 11 is 3.49. The van der Waals surface area contributed by atoms with E-state index in [9.17, 15) is 4.79 Å². The Hall–Kier alpha value is -1.82. The Morgan fingerprint density at radius 2 is 1.54 bits per heavy atom. The predicted molar refractivity (Wildman–Crippen MR) is 114 cm³/mol. The molecule has 0 saturated heterocycles. The summed E-state index contributed by atoms with van der Waals surface area (Å²) in [5.41, 5.74) is 2.09. The van der Waals surface area contributed by atoms with Crippen molar-refractivity contribution < 1.29 is 9.32 Å². The van der Waals surface area contributed by atoms with Gasteiger partial charge in [0.2, 0.25) is 5.88 Å². The Labute approximate surface area is 174 Å². The zero-order valence-corrected chi connectivity index (χ0v) is 17.8. The van der Waals surface area contributed by atoms with E-state index in [1.165, 1.54) is 38.5 Å². The lowest BCUT2D eigenvalue weighted by molar-refractivity contribution is 0.0919. The smallest absolute Gasteiger partial charge is 0.274 e. The van der Waals surface area contributed by atoms with E-state index in [-0.39, 0.29) is 11.9 Å². The summed E-state index contributed by atoms with van der Waals surface area (Å²) < 4.78 is 6.66. The molecule has 0 radical (unpaired) electrons. The quantitative estimate of drug-likeness (QED) is 0.599. The van der Waals surface area contributed by atoms with E-state index in [4.69, 9.17) is 4.52 Å². The summed E-state index contributed by atoms with van der Waals surface area (Å²) in [4.78, 5) is 13.0. The number of nitrogens with zero attached hydrogens (tertiary/aromatic N) is 1. The number of amides is 1. The Morgan fingerprint density at radius 1 is 0.929 bits per heavy atom. The van der Waals surface area contributed by atoms with Gasteiger partial charge in [-0.25, -0.2) is 0 Å². The number of hydrogen-bond acceptors (Lipinski definition) is 4. The molecule has 2 aromatic rings. The molecule has 150 valence electrons. The van der Waals surface area contributed by atoms with Crippen LogP contribution >= 0.6 is 15.9 Å². The molecule has 4 rings (SSSR count). The fourth-order valence-corrected chi connectivity index (χ4v) is 4.63. The zero-order valence-electron chi connectivity index (χ0n) is 16.2. The van der Waals surface area contributed by atoms with Crippen LogP contribution in [0.25, 0.3) is 11.1 Å². The van der Waals surface area contributed by atoms with E-state index in [0.717, 1.165) is 41.3 Å². The van der Waals surface area contributed by atoms with Gasteiger partial charge in [0.1, 0.15) is 0 Å². The third-order valence-electron chi connectivity index (χ3n) is 5.92. The zero-order chi connectivity index (χ0) is 19.3. The summed E-state index contributed by atoms with van der Waals surface area (Å²) in [6, 6.07) is 8.58. The van der Waals surface area contributed by atoms with Crippen molar-refractivity contribution in [2.24, 2.45) is 0 Å². The Morgan fingerprint density at radius 3 is 2.18 bits per heavy atom. The first kappa shape index (κ1) is 19.5. The highest BCUT2D eigenvalue weighted by molar-refractivity contribution is 9.10. The molecule has 0 spiro atoms. The third kappa shape index (κ3) is 4.59. The first-order valence-corrected chi connectivity index (χ1v) is 11.3. The SMILES string of the molecule is O=C(NC1CCCCC1)c1noc(NC2CCCCC2)c1-c1ccc(Br)cc1. The largest absolute Gasteiger partial charge is 0.351 e. The van der Waals surface area contributed by atoms with Crippen LogP contribution in [-0.2, 0) is 0 Å². The van der Waals surface area contributed by atoms with Crippen molar-refractivity contribution in [2.45, 2.75) is 76.3 Å². The van der Waals surface area contributed by atoms with Crippen molar-refractivity contribution in [3.05, 3.63) is 34.4 Å². The van der Waals surface area contributed by atoms with Gasteiger partial charge in [-0.15, -0.1) is 0 Å². The van der Waals surface area contributed by atoms with Crippen LogP contribution in [0.4, 0.5) is 5.88 Å². The number of benzene rings is 1. The molecule has 28 heavy (non-hydrogen) atoms. The Balaban J connectivity index is 1.61. The molecule has 1 aromatic carbocycles. The van der Waals surface area contributed by atoms with Crippen molar-refractivity contribution in [1.29, 1.82) is 0 Å². The summed E-state index contributed by atoms with van der Waals surface area (Å²) in [5.74, 6) is 0.480. The molecule has 0 unspecified atom stereocenters. The highest BCUT2D eigenvalue weighted by Crippen LogP contribution is 2.35. The van der Waals surface area contributed by atoms with E-state index in [1.54, 1.807) is 0 Å². The molecular weight excluding hydrogens is 418 g/mol. The van der Waals surface area contributed by atoms with E-state index in [0.29, 0.717) is 17.6 Å². The lowest BCUT2D eigenvalue weighted by atomic mass is 9.94. The predicted octanol–water partition coefficient (Wildman–Crippen LogP) is 5.91. The minimum absolute atomic E-state index is 0.134. The van der Waals surface area contributed by atoms with Gasteiger partial charge in [-0.2, -0.15) is 0 Å². The molecule has 2 aliphatic carbocycles. The summed E-state index contributed by atoms with van der Waals surface area (Å²) in [6.07, 6.45) is 11.7. The molecule has 1 amide bonds. The highest BCUT2D eigenvalue weighted by atomic mass is 79.9. The minimum Gasteiger partial charge on any atom is -0.351 e. The maximum absolute atomic E-state index is 13.0. The van der Waals surface area contributed by atoms with E-state index in [2.05, 4.69) is 31.7 Å². The van der Waals surface area contributed by atoms with Gasteiger partial charge in [-0.1, -0.05) is 71.7 Å². The van der Waals surface area contributed by atoms with Crippen LogP contribution in [0.1, 0.15) is 74.7 Å². The van der Waals surface area contributed by atoms with Gasteiger partial charge in [0.15, 0.2) is 5.69 Å². The number of aromatic nitrogens is 1. The normalized spacial score (nSPS) is 18.8. The first-order valence-electron chi connectivity index (χ1n) is 10.5. The van der Waals surface area contributed by atoms with Crippen LogP contribution in [0.2, 0.25) is 0 Å². The number of nitrogens with one attached hydrogen (secondary N) is 2. The molecule has 1 heterocycles. The lowest BCUT2D eigenvalue weighted by Gasteiger charge is -2.23. The number of carbonyl (C=O) groups excluding carboxylic acids is 1. The molecule has 5 nitrogen and oxygen atoms in total. The standard InChI is InChI=1S/C22H28BrN3O2/c23-16-13-11-15(12-14-16)19-20(21(27)24-17-7-3-1-4-8-17)26-28-22(19)25-18-9-5-2-6-10-18/h11-14,17-18,25H,1-10H2,(H,24,27).